The molecule has 8 heterocycles. The number of nitrogens with zero attached hydrogens (tertiary/aromatic N) is 4. The van der Waals surface area contributed by atoms with Crippen molar-refractivity contribution < 1.29 is 33.5 Å². The van der Waals surface area contributed by atoms with Crippen LogP contribution in [-0.4, -0.2) is 13.4 Å². The summed E-state index contributed by atoms with van der Waals surface area (Å²) in [6.07, 6.45) is 0. The van der Waals surface area contributed by atoms with Crippen molar-refractivity contribution in [2.75, 3.05) is 19.6 Å². The Bertz CT molecular complexity index is 6490. The fourth-order valence-corrected chi connectivity index (χ4v) is 17.7. The summed E-state index contributed by atoms with van der Waals surface area (Å²) in [4.78, 5) is 7.54. The van der Waals surface area contributed by atoms with Gasteiger partial charge >= 0.3 is 13.4 Å². The van der Waals surface area contributed by atoms with Crippen LogP contribution in [0.2, 0.25) is 0 Å². The fraction of sp³-hybridized carbons (Fsp3) is 0.277. The van der Waals surface area contributed by atoms with Crippen molar-refractivity contribution in [3.05, 3.63) is 250 Å². The lowest BCUT2D eigenvalue weighted by Gasteiger charge is -2.42. The van der Waals surface area contributed by atoms with E-state index in [1.165, 1.54) is 93.0 Å². The highest BCUT2D eigenvalue weighted by Crippen LogP contribution is 2.54. The molecule has 0 saturated heterocycles. The van der Waals surface area contributed by atoms with E-state index in [0.717, 1.165) is 34.0 Å². The molecule has 10 heteroatoms. The van der Waals surface area contributed by atoms with Gasteiger partial charge in [-0.1, -0.05) is 209 Å². The van der Waals surface area contributed by atoms with E-state index in [4.69, 9.17) is 18.4 Å². The molecular formula is C94H94B2N4O2S2. The highest BCUT2D eigenvalue weighted by atomic mass is 32.1. The highest BCUT2D eigenvalue weighted by molar-refractivity contribution is 7.34. The van der Waals surface area contributed by atoms with E-state index < -0.39 is 95.4 Å². The molecule has 0 atom stereocenters. The molecule has 0 amide bonds. The Morgan fingerprint density at radius 3 is 1.22 bits per heavy atom. The van der Waals surface area contributed by atoms with E-state index in [1.807, 2.05) is 11.3 Å². The first-order valence-electron chi connectivity index (χ1n) is 44.8. The van der Waals surface area contributed by atoms with Gasteiger partial charge in [-0.05, 0) is 223 Å². The molecular weight excluding hydrogens is 1300 g/mol. The molecule has 0 unspecified atom stereocenters. The van der Waals surface area contributed by atoms with Crippen molar-refractivity contribution in [2.24, 2.45) is 0 Å². The van der Waals surface area contributed by atoms with Crippen molar-refractivity contribution in [3.63, 3.8) is 0 Å². The predicted octanol–water partition coefficient (Wildman–Crippen LogP) is 23.9. The molecule has 6 nitrogen and oxygen atoms in total. The first-order valence-corrected chi connectivity index (χ1v) is 37.5. The summed E-state index contributed by atoms with van der Waals surface area (Å²) in [6, 6.07) is 27.7. The van der Waals surface area contributed by atoms with Gasteiger partial charge in [-0.2, -0.15) is 0 Å². The Kier molecular flexibility index (Phi) is 11.3. The van der Waals surface area contributed by atoms with Gasteiger partial charge in [0.2, 0.25) is 0 Å². The maximum atomic E-state index is 9.86. The number of hydrogen-bond acceptors (Lipinski definition) is 8. The van der Waals surface area contributed by atoms with Gasteiger partial charge in [0.25, 0.3) is 0 Å². The van der Waals surface area contributed by atoms with Crippen molar-refractivity contribution >= 4 is 178 Å². The van der Waals surface area contributed by atoms with Crippen LogP contribution in [0.15, 0.2) is 215 Å². The predicted molar refractivity (Wildman–Crippen MR) is 453 cm³/mol. The van der Waals surface area contributed by atoms with Crippen LogP contribution < -0.4 is 51.4 Å². The molecule has 520 valence electrons. The van der Waals surface area contributed by atoms with Crippen molar-refractivity contribution in [1.82, 2.24) is 0 Å². The normalized spacial score (nSPS) is 16.7. The quantitative estimate of drug-likeness (QED) is 0.164. The lowest BCUT2D eigenvalue weighted by atomic mass is 9.38. The molecule has 0 N–H and O–H groups in total. The summed E-state index contributed by atoms with van der Waals surface area (Å²) in [5, 5.41) is 2.45. The third-order valence-corrected chi connectivity index (χ3v) is 23.2. The minimum absolute atomic E-state index is 0.00878. The Morgan fingerprint density at radius 1 is 0.317 bits per heavy atom. The van der Waals surface area contributed by atoms with E-state index in [1.54, 1.807) is 41.5 Å². The van der Waals surface area contributed by atoms with Crippen LogP contribution in [0.1, 0.15) is 194 Å². The zero-order valence-corrected chi connectivity index (χ0v) is 64.4. The Morgan fingerprint density at radius 2 is 0.712 bits per heavy atom. The number of rotatable bonds is 4. The summed E-state index contributed by atoms with van der Waals surface area (Å²) >= 11 is 2.87. The van der Waals surface area contributed by atoms with Crippen LogP contribution in [0.5, 0.6) is 0 Å². The Labute approximate surface area is 649 Å². The molecule has 0 saturated carbocycles. The molecule has 4 aliphatic heterocycles. The smallest absolute Gasteiger partial charge is 0.309 e. The molecule has 10 aromatic carbocycles. The van der Waals surface area contributed by atoms with Crippen LogP contribution in [0.25, 0.3) is 42.1 Å². The molecule has 14 aromatic rings. The zero-order chi connectivity index (χ0) is 88.6. The lowest BCUT2D eigenvalue weighted by molar-refractivity contribution is 0.590. The van der Waals surface area contributed by atoms with Gasteiger partial charge in [-0.15, -0.1) is 22.7 Å². The summed E-state index contributed by atoms with van der Waals surface area (Å²) < 4.78 is 183. The summed E-state index contributed by atoms with van der Waals surface area (Å²) in [7, 11) is 0. The molecule has 4 aromatic heterocycles. The van der Waals surface area contributed by atoms with E-state index in [9.17, 15) is 15.1 Å². The molecule has 0 aliphatic carbocycles. The number of hydrogen-bond donors (Lipinski definition) is 0. The first kappa shape index (κ1) is 50.1. The Balaban J connectivity index is 0.000000176. The van der Waals surface area contributed by atoms with Gasteiger partial charge in [0.05, 0.1) is 47.4 Å². The van der Waals surface area contributed by atoms with Crippen molar-refractivity contribution in [1.29, 1.82) is 0 Å². The zero-order valence-electron chi connectivity index (χ0n) is 80.8. The number of benzene rings is 10. The number of fused-ring (bicyclic) bond motifs is 16. The second-order valence-corrected chi connectivity index (χ2v) is 36.7. The second-order valence-electron chi connectivity index (χ2n) is 34.5. The third-order valence-electron chi connectivity index (χ3n) is 20.8. The molecule has 0 fully saturated rings. The van der Waals surface area contributed by atoms with E-state index in [2.05, 4.69) is 197 Å². The van der Waals surface area contributed by atoms with E-state index in [0.29, 0.717) is 0 Å². The van der Waals surface area contributed by atoms with Gasteiger partial charge in [0, 0.05) is 86.0 Å². The summed E-state index contributed by atoms with van der Waals surface area (Å²) in [5.74, 6) is 0. The number of para-hydroxylation sites is 2. The average Bonchev–Trinajstić information content (AvgIpc) is 1.53. The largest absolute Gasteiger partial charge is 0.468 e. The summed E-state index contributed by atoms with van der Waals surface area (Å²) in [6.45, 7) is 40.5. The molecule has 0 bridgehead atoms. The van der Waals surface area contributed by atoms with E-state index in [-0.39, 0.29) is 147 Å². The molecule has 0 spiro atoms. The van der Waals surface area contributed by atoms with Crippen molar-refractivity contribution in [2.45, 2.75) is 171 Å². The fourth-order valence-electron chi connectivity index (χ4n) is 15.2. The first-order chi connectivity index (χ1) is 56.7. The van der Waals surface area contributed by atoms with Gasteiger partial charge < -0.3 is 28.4 Å². The number of aryl methyl sites for hydroxylation is 1. The van der Waals surface area contributed by atoms with Crippen LogP contribution in [-0.2, 0) is 32.5 Å². The van der Waals surface area contributed by atoms with Gasteiger partial charge in [-0.3, -0.25) is 0 Å². The molecule has 0 radical (unpaired) electrons. The SMILES string of the molecule is Cc1cc2c3c(c1)N(c1ccc(C(C)(C)C)cc1)c1c(sc4ccc(C(C)(C)C)cc14)B3c1oc3ccc(C(C)(C)C)cc3c1N2c1ccc(C(C)(C)C)cc1.[2H]c1c([2H])c([2H])c(N2c3c([2H])c(C)c([2H])c4c3B(c3oc5c([2H])c([2H])c(C(C)(C)C)c([2H])c5c32)c2sc3c([2H])c([2H])c(C(C)(C)C)c([2H])c3c2N4c2c([2H])c([2H])c([2H])c([2H])c2[2H])c([2H])c1[2H]. The molecule has 18 rings (SSSR count). The Hall–Kier alpha value is -9.47. The number of thiophene rings is 2. The monoisotopic (exact) mass is 1410 g/mol. The third kappa shape index (κ3) is 10.9. The minimum Gasteiger partial charge on any atom is -0.468 e. The second kappa shape index (κ2) is 23.5. The highest BCUT2D eigenvalue weighted by Gasteiger charge is 2.51. The lowest BCUT2D eigenvalue weighted by Crippen LogP contribution is -2.60. The van der Waals surface area contributed by atoms with Crippen LogP contribution >= 0.6 is 22.7 Å². The van der Waals surface area contributed by atoms with Crippen molar-refractivity contribution in [3.8, 4) is 0 Å². The van der Waals surface area contributed by atoms with Crippen LogP contribution in [0.3, 0.4) is 0 Å². The topological polar surface area (TPSA) is 39.2 Å². The van der Waals surface area contributed by atoms with Crippen LogP contribution in [0.4, 0.5) is 68.2 Å². The standard InChI is InChI=1S/C51H55BN2OS.C43H39BN2OS/c1-30-26-39-43-40(27-30)54(36-22-16-32(17-23-36)49(5,6)7)45-38-29-34(51(11,12)13)19-25-42(38)56-47(45)52(43)46-44(37-28-33(50(8,9)10)18-24-41(37)55-46)53(39)35-20-14-31(15-21-35)48(2,3)4;1-26-22-33-37-34(23-26)46(30-16-12-9-13-17-30)39-32-25-28(43(5,6)7)19-21-36(32)48-41(39)44(37)40-38(45(33)29-14-10-8-11-15-29)31-24-27(42(2,3)4)18-20-35(31)47-40/h14-29H,1-13H3;8-25H,1-7H3/i;8D,9D,10D,11D,12D,13D,14D,15D,16D,17D,18D,19D,20D,21D,22D,23D,24D,25D. The van der Waals surface area contributed by atoms with Gasteiger partial charge in [0.15, 0.2) is 0 Å². The van der Waals surface area contributed by atoms with Gasteiger partial charge in [0.1, 0.15) is 22.5 Å². The number of anilines is 12. The van der Waals surface area contributed by atoms with Crippen LogP contribution in [0, 0.1) is 13.8 Å². The van der Waals surface area contributed by atoms with E-state index >= 15 is 0 Å². The molecule has 104 heavy (non-hydrogen) atoms. The maximum absolute atomic E-state index is 9.86. The average molecular weight is 1420 g/mol. The van der Waals surface area contributed by atoms with Gasteiger partial charge in [-0.25, -0.2) is 0 Å². The molecule has 4 aliphatic rings. The minimum atomic E-state index is -1.32. The number of furan rings is 2. The maximum Gasteiger partial charge on any atom is 0.309 e. The summed E-state index contributed by atoms with van der Waals surface area (Å²) in [5.41, 5.74) is 13.8.